The Hall–Kier alpha value is -1.29. The van der Waals surface area contributed by atoms with Crippen molar-refractivity contribution in [3.63, 3.8) is 0 Å². The van der Waals surface area contributed by atoms with Gasteiger partial charge in [-0.3, -0.25) is 9.59 Å². The highest BCUT2D eigenvalue weighted by Crippen LogP contribution is 2.18. The fraction of sp³-hybridized carbons (Fsp3) is 0.467. The zero-order valence-corrected chi connectivity index (χ0v) is 12.2. The van der Waals surface area contributed by atoms with Crippen LogP contribution < -0.4 is 0 Å². The van der Waals surface area contributed by atoms with Gasteiger partial charge >= 0.3 is 5.97 Å². The second-order valence-corrected chi connectivity index (χ2v) is 5.60. The van der Waals surface area contributed by atoms with Crippen LogP contribution in [0.15, 0.2) is 30.3 Å². The van der Waals surface area contributed by atoms with Crippen molar-refractivity contribution in [2.24, 2.45) is 5.92 Å². The minimum atomic E-state index is -0.221. The summed E-state index contributed by atoms with van der Waals surface area (Å²) in [6.45, 7) is 1.52. The molecular formula is C15H20O3S. The molecule has 0 aliphatic heterocycles. The van der Waals surface area contributed by atoms with Crippen LogP contribution in [0.2, 0.25) is 0 Å². The molecule has 0 amide bonds. The predicted molar refractivity (Wildman–Crippen MR) is 78.0 cm³/mol. The van der Waals surface area contributed by atoms with Gasteiger partial charge in [0.1, 0.15) is 0 Å². The number of methoxy groups -OCH3 is 1. The normalized spacial score (nSPS) is 11.9. The molecule has 0 aromatic heterocycles. The van der Waals surface area contributed by atoms with E-state index < -0.39 is 0 Å². The van der Waals surface area contributed by atoms with Crippen LogP contribution >= 0.6 is 11.8 Å². The number of hydrogen-bond acceptors (Lipinski definition) is 4. The molecule has 0 saturated carbocycles. The number of rotatable bonds is 7. The monoisotopic (exact) mass is 280 g/mol. The summed E-state index contributed by atoms with van der Waals surface area (Å²) < 4.78 is 4.78. The maximum Gasteiger partial charge on any atom is 0.309 e. The summed E-state index contributed by atoms with van der Waals surface area (Å²) in [6.07, 6.45) is 2.61. The van der Waals surface area contributed by atoms with E-state index in [2.05, 4.69) is 12.1 Å². The SMILES string of the molecule is COC(=O)C(CCCc1ccccc1)CSC(C)=O. The number of carbonyl (C=O) groups excluding carboxylic acids is 2. The zero-order valence-electron chi connectivity index (χ0n) is 11.4. The van der Waals surface area contributed by atoms with Crippen LogP contribution in [0.3, 0.4) is 0 Å². The van der Waals surface area contributed by atoms with Gasteiger partial charge in [0.2, 0.25) is 0 Å². The highest BCUT2D eigenvalue weighted by atomic mass is 32.2. The molecule has 1 unspecified atom stereocenters. The Kier molecular flexibility index (Phi) is 7.26. The molecule has 1 atom stereocenters. The van der Waals surface area contributed by atoms with Crippen molar-refractivity contribution in [3.05, 3.63) is 35.9 Å². The standard InChI is InChI=1S/C15H20O3S/c1-12(16)19-11-14(15(17)18-2)10-6-9-13-7-4-3-5-8-13/h3-5,7-8,14H,6,9-11H2,1-2H3. The van der Waals surface area contributed by atoms with E-state index in [9.17, 15) is 9.59 Å². The molecule has 1 aromatic rings. The molecule has 4 heteroatoms. The van der Waals surface area contributed by atoms with E-state index in [0.29, 0.717) is 5.75 Å². The third-order valence-electron chi connectivity index (χ3n) is 2.88. The maximum absolute atomic E-state index is 11.6. The smallest absolute Gasteiger partial charge is 0.309 e. The molecule has 0 N–H and O–H groups in total. The number of thioether (sulfide) groups is 1. The number of hydrogen-bond donors (Lipinski definition) is 0. The number of carbonyl (C=O) groups is 2. The summed E-state index contributed by atoms with van der Waals surface area (Å²) in [5, 5.41) is 0.0389. The quantitative estimate of drug-likeness (QED) is 0.720. The third kappa shape index (κ3) is 6.43. The first-order valence-corrected chi connectivity index (χ1v) is 7.37. The van der Waals surface area contributed by atoms with Crippen molar-refractivity contribution >= 4 is 22.8 Å². The Balaban J connectivity index is 2.39. The largest absolute Gasteiger partial charge is 0.469 e. The van der Waals surface area contributed by atoms with E-state index in [1.807, 2.05) is 18.2 Å². The molecule has 1 aromatic carbocycles. The number of aryl methyl sites for hydroxylation is 1. The first-order chi connectivity index (χ1) is 9.13. The van der Waals surface area contributed by atoms with Crippen molar-refractivity contribution in [2.75, 3.05) is 12.9 Å². The van der Waals surface area contributed by atoms with Gasteiger partial charge in [-0.15, -0.1) is 0 Å². The molecule has 0 spiro atoms. The van der Waals surface area contributed by atoms with E-state index in [1.165, 1.54) is 31.4 Å². The van der Waals surface area contributed by atoms with Gasteiger partial charge < -0.3 is 4.74 Å². The molecule has 3 nitrogen and oxygen atoms in total. The Labute approximate surface area is 118 Å². The van der Waals surface area contributed by atoms with Gasteiger partial charge in [0.15, 0.2) is 5.12 Å². The van der Waals surface area contributed by atoms with E-state index in [-0.39, 0.29) is 17.0 Å². The van der Waals surface area contributed by atoms with Crippen molar-refractivity contribution in [1.29, 1.82) is 0 Å². The minimum Gasteiger partial charge on any atom is -0.469 e. The minimum absolute atomic E-state index is 0.0389. The second kappa shape index (κ2) is 8.75. The zero-order chi connectivity index (χ0) is 14.1. The van der Waals surface area contributed by atoms with Gasteiger partial charge in [0.25, 0.3) is 0 Å². The summed E-state index contributed by atoms with van der Waals surface area (Å²) in [6, 6.07) is 10.2. The van der Waals surface area contributed by atoms with Crippen LogP contribution in [0, 0.1) is 5.92 Å². The molecular weight excluding hydrogens is 260 g/mol. The molecule has 0 bridgehead atoms. The van der Waals surface area contributed by atoms with Gasteiger partial charge in [-0.05, 0) is 24.8 Å². The Morgan fingerprint density at radius 2 is 1.95 bits per heavy atom. The molecule has 0 saturated heterocycles. The Morgan fingerprint density at radius 3 is 2.53 bits per heavy atom. The molecule has 0 heterocycles. The summed E-state index contributed by atoms with van der Waals surface area (Å²) in [4.78, 5) is 22.6. The van der Waals surface area contributed by atoms with E-state index in [1.54, 1.807) is 0 Å². The molecule has 0 fully saturated rings. The highest BCUT2D eigenvalue weighted by Gasteiger charge is 2.19. The van der Waals surface area contributed by atoms with Crippen LogP contribution in [-0.4, -0.2) is 23.9 Å². The maximum atomic E-state index is 11.6. The van der Waals surface area contributed by atoms with Crippen molar-refractivity contribution in [3.8, 4) is 0 Å². The van der Waals surface area contributed by atoms with Crippen molar-refractivity contribution in [2.45, 2.75) is 26.2 Å². The van der Waals surface area contributed by atoms with Gasteiger partial charge in [0.05, 0.1) is 13.0 Å². The van der Waals surface area contributed by atoms with Crippen LogP contribution in [0.5, 0.6) is 0 Å². The average molecular weight is 280 g/mol. The second-order valence-electron chi connectivity index (χ2n) is 4.40. The van der Waals surface area contributed by atoms with Gasteiger partial charge in [-0.2, -0.15) is 0 Å². The summed E-state index contributed by atoms with van der Waals surface area (Å²) in [5.41, 5.74) is 1.27. The lowest BCUT2D eigenvalue weighted by Crippen LogP contribution is -2.19. The highest BCUT2D eigenvalue weighted by molar-refractivity contribution is 8.13. The van der Waals surface area contributed by atoms with E-state index in [4.69, 9.17) is 4.74 Å². The molecule has 19 heavy (non-hydrogen) atoms. The van der Waals surface area contributed by atoms with Crippen LogP contribution in [0.1, 0.15) is 25.3 Å². The predicted octanol–water partition coefficient (Wildman–Crippen LogP) is 3.08. The van der Waals surface area contributed by atoms with Gasteiger partial charge in [0, 0.05) is 12.7 Å². The first kappa shape index (κ1) is 15.8. The average Bonchev–Trinajstić information content (AvgIpc) is 2.42. The molecule has 0 aliphatic rings. The summed E-state index contributed by atoms with van der Waals surface area (Å²) >= 11 is 1.19. The fourth-order valence-corrected chi connectivity index (χ4v) is 2.59. The fourth-order valence-electron chi connectivity index (χ4n) is 1.85. The first-order valence-electron chi connectivity index (χ1n) is 6.38. The van der Waals surface area contributed by atoms with Crippen LogP contribution in [0.25, 0.3) is 0 Å². The van der Waals surface area contributed by atoms with E-state index in [0.717, 1.165) is 19.3 Å². The number of benzene rings is 1. The van der Waals surface area contributed by atoms with Crippen LogP contribution in [0.4, 0.5) is 0 Å². The third-order valence-corrected chi connectivity index (χ3v) is 3.86. The Bertz CT molecular complexity index is 403. The Morgan fingerprint density at radius 1 is 1.26 bits per heavy atom. The lowest BCUT2D eigenvalue weighted by Gasteiger charge is -2.13. The summed E-state index contributed by atoms with van der Waals surface area (Å²) in [5.74, 6) is 0.0981. The van der Waals surface area contributed by atoms with Gasteiger partial charge in [-0.1, -0.05) is 42.1 Å². The van der Waals surface area contributed by atoms with E-state index >= 15 is 0 Å². The summed E-state index contributed by atoms with van der Waals surface area (Å²) in [7, 11) is 1.39. The van der Waals surface area contributed by atoms with Gasteiger partial charge in [-0.25, -0.2) is 0 Å². The molecule has 104 valence electrons. The lowest BCUT2D eigenvalue weighted by atomic mass is 10.0. The van der Waals surface area contributed by atoms with Crippen LogP contribution in [-0.2, 0) is 20.7 Å². The topological polar surface area (TPSA) is 43.4 Å². The molecule has 0 aliphatic carbocycles. The number of ether oxygens (including phenoxy) is 1. The molecule has 1 rings (SSSR count). The van der Waals surface area contributed by atoms with Crippen molar-refractivity contribution < 1.29 is 14.3 Å². The number of esters is 1. The molecule has 0 radical (unpaired) electrons. The lowest BCUT2D eigenvalue weighted by molar-refractivity contribution is -0.144. The van der Waals surface area contributed by atoms with Crippen molar-refractivity contribution in [1.82, 2.24) is 0 Å².